The van der Waals surface area contributed by atoms with Gasteiger partial charge < -0.3 is 114 Å². The maximum atomic E-state index is 13.4. The number of phosphoric acid groups is 2. The Hall–Kier alpha value is -3.89. The number of aliphatic hydroxyl groups is 12. The minimum Gasteiger partial charge on any atom is -0.756 e. The molecule has 0 aromatic carbocycles. The Morgan fingerprint density at radius 2 is 0.604 bits per heavy atom. The van der Waals surface area contributed by atoms with Crippen LogP contribution in [0.3, 0.4) is 0 Å². The molecule has 4 aliphatic heterocycles. The van der Waals surface area contributed by atoms with Gasteiger partial charge in [0, 0.05) is 6.92 Å². The number of nitrogens with one attached hydrogen (secondary N) is 1. The Morgan fingerprint density at radius 3 is 0.901 bits per heavy atom. The van der Waals surface area contributed by atoms with Crippen LogP contribution in [0.4, 0.5) is 0 Å². The highest BCUT2D eigenvalue weighted by atomic mass is 31.3. The van der Waals surface area contributed by atoms with E-state index in [1.165, 1.54) is 61.8 Å². The fourth-order valence-corrected chi connectivity index (χ4v) is 15.1. The lowest BCUT2D eigenvalue weighted by Gasteiger charge is -2.50. The van der Waals surface area contributed by atoms with Crippen molar-refractivity contribution in [3.8, 4) is 0 Å². The molecule has 636 valence electrons. The van der Waals surface area contributed by atoms with Gasteiger partial charge in [0.15, 0.2) is 25.2 Å². The molecule has 0 spiro atoms. The third kappa shape index (κ3) is 36.3. The summed E-state index contributed by atoms with van der Waals surface area (Å²) in [6.45, 7) is 22.2. The van der Waals surface area contributed by atoms with Gasteiger partial charge in [0.1, 0.15) is 97.6 Å². The van der Waals surface area contributed by atoms with Crippen LogP contribution < -0.4 is 15.1 Å². The van der Waals surface area contributed by atoms with Gasteiger partial charge in [0.2, 0.25) is 5.91 Å². The zero-order chi connectivity index (χ0) is 82.7. The number of aliphatic hydroxyl groups excluding tert-OH is 12. The Bertz CT molecular complexity index is 3260. The van der Waals surface area contributed by atoms with Gasteiger partial charge in [-0.2, -0.15) is 0 Å². The van der Waals surface area contributed by atoms with Crippen molar-refractivity contribution < 1.29 is 132 Å². The van der Waals surface area contributed by atoms with Crippen molar-refractivity contribution in [1.82, 2.24) is 5.32 Å². The molecule has 0 aliphatic carbocycles. The third-order valence-electron chi connectivity index (χ3n) is 20.1. The zero-order valence-corrected chi connectivity index (χ0v) is 69.2. The highest BCUT2D eigenvalue weighted by molar-refractivity contribution is 7.59. The van der Waals surface area contributed by atoms with Crippen LogP contribution in [-0.4, -0.2) is 223 Å². The Balaban J connectivity index is 1.18. The SMILES string of the molecule is CC(=O)N[C@H]1[C@@H](OP(=O)([O-])OP(=O)([O-])OC/C=C(/C)CC/C=C(/C)CC/C=C(/C)CC/C=C(/C)CC/C=C(/C)CC/C=C(/C)CC/C=C(/C)CC/C=C(/C)CC/C=C(\C)CC/C=C(\C)CCC=C(C)C)O[C@H](CO)[C@@H](O)[C@@H]1O[C@H]1O[C@H](CO)[C@@H](O)[C@H](O[C@H]2O[C@H](CO)[C@@H](O)[C@H](O[C@H]3O[C@H](CO)[C@@H](O)[C@H](O)[C@@H]3O)[C@@H]2O)[C@@H]1O. The Labute approximate surface area is 657 Å². The smallest absolute Gasteiger partial charge is 0.276 e. The first-order chi connectivity index (χ1) is 52.4. The van der Waals surface area contributed by atoms with E-state index < -0.39 is 177 Å². The Morgan fingerprint density at radius 1 is 0.342 bits per heavy atom. The average Bonchev–Trinajstić information content (AvgIpc) is 0.767. The number of carbonyl (C=O) groups is 1. The van der Waals surface area contributed by atoms with Gasteiger partial charge in [-0.25, -0.2) is 4.31 Å². The molecule has 2 unspecified atom stereocenters. The molecule has 0 radical (unpaired) electrons. The number of allylic oxidation sites excluding steroid dienone is 21. The van der Waals surface area contributed by atoms with Crippen molar-refractivity contribution in [2.75, 3.05) is 33.0 Å². The van der Waals surface area contributed by atoms with Crippen LogP contribution in [0.15, 0.2) is 128 Å². The average molecular weight is 1610 g/mol. The van der Waals surface area contributed by atoms with Crippen LogP contribution in [-0.2, 0) is 60.4 Å². The fraction of sp³-hybridized carbons (Fsp3) is 0.716. The lowest BCUT2D eigenvalue weighted by Crippen LogP contribution is -2.69. The molecule has 0 aromatic rings. The monoisotopic (exact) mass is 1610 g/mol. The minimum absolute atomic E-state index is 0.512. The normalized spacial score (nSPS) is 31.3. The van der Waals surface area contributed by atoms with Gasteiger partial charge in [0.05, 0.1) is 33.0 Å². The van der Waals surface area contributed by atoms with E-state index in [4.69, 9.17) is 42.2 Å². The number of amides is 1. The molecule has 1 amide bonds. The first-order valence-corrected chi connectivity index (χ1v) is 41.9. The molecule has 0 bridgehead atoms. The van der Waals surface area contributed by atoms with Crippen molar-refractivity contribution >= 4 is 21.6 Å². The van der Waals surface area contributed by atoms with Crippen LogP contribution in [0.2, 0.25) is 0 Å². The second kappa shape index (κ2) is 51.3. The molecule has 22 atom stereocenters. The highest BCUT2D eigenvalue weighted by Crippen LogP contribution is 2.57. The molecule has 4 saturated heterocycles. The Kier molecular flexibility index (Phi) is 46.0. The van der Waals surface area contributed by atoms with E-state index in [1.54, 1.807) is 6.92 Å². The van der Waals surface area contributed by atoms with E-state index in [1.807, 2.05) is 6.92 Å². The predicted octanol–water partition coefficient (Wildman–Crippen LogP) is 8.62. The summed E-state index contributed by atoms with van der Waals surface area (Å²) in [5.41, 5.74) is 14.8. The molecule has 4 heterocycles. The molecule has 0 saturated carbocycles. The van der Waals surface area contributed by atoms with Crippen LogP contribution in [0, 0.1) is 0 Å². The quantitative estimate of drug-likeness (QED) is 0.0200. The van der Waals surface area contributed by atoms with Gasteiger partial charge >= 0.3 is 0 Å². The molecule has 0 aromatic heterocycles. The molecule has 4 rings (SSSR count). The van der Waals surface area contributed by atoms with E-state index in [-0.39, 0.29) is 0 Å². The topological polar surface area (TPSA) is 444 Å². The van der Waals surface area contributed by atoms with Crippen LogP contribution in [0.5, 0.6) is 0 Å². The molecule has 4 fully saturated rings. The molecule has 30 heteroatoms. The second-order valence-electron chi connectivity index (χ2n) is 30.4. The summed E-state index contributed by atoms with van der Waals surface area (Å²) in [5.74, 6) is -0.968. The first-order valence-electron chi connectivity index (χ1n) is 39.0. The lowest BCUT2D eigenvalue weighted by molar-refractivity contribution is -0.386. The van der Waals surface area contributed by atoms with Crippen molar-refractivity contribution in [3.05, 3.63) is 128 Å². The summed E-state index contributed by atoms with van der Waals surface area (Å²) in [6, 6.07) is -2.02. The first kappa shape index (κ1) is 99.5. The summed E-state index contributed by atoms with van der Waals surface area (Å²) in [7, 11) is -11.9. The predicted molar refractivity (Wildman–Crippen MR) is 416 cm³/mol. The second-order valence-corrected chi connectivity index (χ2v) is 33.3. The summed E-state index contributed by atoms with van der Waals surface area (Å²) >= 11 is 0. The van der Waals surface area contributed by atoms with Crippen molar-refractivity contribution in [2.24, 2.45) is 0 Å². The van der Waals surface area contributed by atoms with E-state index in [9.17, 15) is 85.0 Å². The molecule has 28 nitrogen and oxygen atoms in total. The third-order valence-corrected chi connectivity index (χ3v) is 22.6. The number of carbonyl (C=O) groups excluding carboxylic acids is 1. The molecular weight excluding hydrogens is 1480 g/mol. The summed E-state index contributed by atoms with van der Waals surface area (Å²) in [6.07, 6.45) is 6.99. The number of phosphoric ester groups is 2. The lowest BCUT2D eigenvalue weighted by atomic mass is 9.95. The van der Waals surface area contributed by atoms with Crippen LogP contribution >= 0.6 is 15.6 Å². The van der Waals surface area contributed by atoms with E-state index in [2.05, 4.69) is 140 Å². The van der Waals surface area contributed by atoms with E-state index in [0.717, 1.165) is 122 Å². The van der Waals surface area contributed by atoms with Crippen molar-refractivity contribution in [1.29, 1.82) is 0 Å². The van der Waals surface area contributed by atoms with Gasteiger partial charge in [-0.05, 0) is 212 Å². The number of hydrogen-bond acceptors (Lipinski definition) is 27. The van der Waals surface area contributed by atoms with Gasteiger partial charge in [-0.1, -0.05) is 128 Å². The van der Waals surface area contributed by atoms with Crippen LogP contribution in [0.1, 0.15) is 218 Å². The zero-order valence-electron chi connectivity index (χ0n) is 67.5. The van der Waals surface area contributed by atoms with Crippen molar-refractivity contribution in [3.63, 3.8) is 0 Å². The molecule has 13 N–H and O–H groups in total. The highest BCUT2D eigenvalue weighted by Gasteiger charge is 2.56. The summed E-state index contributed by atoms with van der Waals surface area (Å²) in [4.78, 5) is 39.0. The maximum absolute atomic E-state index is 13.4. The van der Waals surface area contributed by atoms with Gasteiger partial charge in [-0.3, -0.25) is 18.4 Å². The number of rotatable bonds is 48. The van der Waals surface area contributed by atoms with Gasteiger partial charge in [0.25, 0.3) is 15.6 Å². The van der Waals surface area contributed by atoms with E-state index in [0.29, 0.717) is 18.4 Å². The molecule has 111 heavy (non-hydrogen) atoms. The molecule has 4 aliphatic rings. The number of ether oxygens (including phenoxy) is 7. The molecular formula is C81H133NO27P2-2. The summed E-state index contributed by atoms with van der Waals surface area (Å²) < 4.78 is 79.7. The van der Waals surface area contributed by atoms with E-state index >= 15 is 0 Å². The van der Waals surface area contributed by atoms with Crippen molar-refractivity contribution in [2.45, 2.75) is 341 Å². The minimum atomic E-state index is -6.14. The van der Waals surface area contributed by atoms with Crippen LogP contribution in [0.25, 0.3) is 0 Å². The number of hydrogen-bond donors (Lipinski definition) is 13. The largest absolute Gasteiger partial charge is 0.756 e. The fourth-order valence-electron chi connectivity index (χ4n) is 13.1. The standard InChI is InChI=1S/C81H135NO27P2/c1-50(2)24-14-25-51(3)26-15-27-52(4)28-16-29-53(5)30-17-31-54(6)32-18-33-55(7)34-19-35-56(8)36-20-37-57(9)38-21-39-58(10)40-22-41-59(11)42-23-43-60(12)44-45-100-110(96,97)109-111(98,99)108-78-66(82-61(13)87)75(68(89)63(47-84)101-78)105-80-73(94)77(70(91)64(48-85)103-80)107-81-74(95)76(69(90)65(49-86)104-81)106-79-72(93)71(92)67(88)62(46-83)102-79/h24,26,28,30,32,34,36,38,40,42,44,62-81,83-86,88-95H,14-23,25,27,29,31,33,35,37,39,41,43,45-49H2,1-13H3,(H,82,87)(H,96,97)(H,98,99)/p-2/b51-26+,52-28+,53-30-,54-32-,55-34-,56-36-,57-38-,58-40-,59-42-,60-44-/t62-,63-,64-,65-,66-,67-,68-,69-,70-,71+,72+,73+,74+,75-,76+,77+,78-,79-,80-,81-/m1/s1. The maximum Gasteiger partial charge on any atom is 0.276 e. The summed E-state index contributed by atoms with van der Waals surface area (Å²) in [5, 5.41) is 131. The van der Waals surface area contributed by atoms with Gasteiger partial charge in [-0.15, -0.1) is 0 Å².